The summed E-state index contributed by atoms with van der Waals surface area (Å²) < 4.78 is 0. The molecule has 0 aromatic rings. The highest BCUT2D eigenvalue weighted by atomic mass is 32.2. The van der Waals surface area contributed by atoms with E-state index in [0.29, 0.717) is 10.8 Å². The minimum absolute atomic E-state index is 0.168. The predicted molar refractivity (Wildman–Crippen MR) is 32.9 cm³/mol. The lowest BCUT2D eigenvalue weighted by atomic mass is 10.9. The van der Waals surface area contributed by atoms with E-state index in [1.54, 1.807) is 6.92 Å². The van der Waals surface area contributed by atoms with Gasteiger partial charge in [0, 0.05) is 5.75 Å². The summed E-state index contributed by atoms with van der Waals surface area (Å²) in [5.41, 5.74) is 0. The van der Waals surface area contributed by atoms with Gasteiger partial charge in [-0.05, 0) is 6.92 Å². The summed E-state index contributed by atoms with van der Waals surface area (Å²) in [5, 5.41) is 15.6. The molecule has 0 spiro atoms. The Hall–Kier alpha value is -0.0200. The maximum Gasteiger partial charge on any atom is 0.0611 e. The van der Waals surface area contributed by atoms with E-state index >= 15 is 0 Å². The summed E-state index contributed by atoms with van der Waals surface area (Å²) >= 11 is 1.36. The molecule has 0 heterocycles. The first kappa shape index (κ1) is 6.98. The molecule has 2 nitrogen and oxygen atoms in total. The normalized spacial score (nSPS) is 8.86. The molecule has 0 aliphatic heterocycles. The van der Waals surface area contributed by atoms with Gasteiger partial charge in [-0.2, -0.15) is 0 Å². The Morgan fingerprint density at radius 1 is 1.86 bits per heavy atom. The van der Waals surface area contributed by atoms with Crippen LogP contribution in [0.3, 0.4) is 0 Å². The van der Waals surface area contributed by atoms with Gasteiger partial charge in [0.2, 0.25) is 0 Å². The maximum absolute atomic E-state index is 8.20. The first-order chi connectivity index (χ1) is 3.27. The highest BCUT2D eigenvalue weighted by Crippen LogP contribution is 1.97. The summed E-state index contributed by atoms with van der Waals surface area (Å²) in [6.45, 7) is 1.88. The molecule has 0 aliphatic carbocycles. The summed E-state index contributed by atoms with van der Waals surface area (Å²) in [6.07, 6.45) is 0. The molecule has 0 bridgehead atoms. The lowest BCUT2D eigenvalue weighted by molar-refractivity contribution is 0.323. The average Bonchev–Trinajstić information content (AvgIpc) is 1.61. The van der Waals surface area contributed by atoms with Gasteiger partial charge in [-0.3, -0.25) is 5.41 Å². The zero-order chi connectivity index (χ0) is 5.70. The van der Waals surface area contributed by atoms with E-state index in [1.165, 1.54) is 11.8 Å². The van der Waals surface area contributed by atoms with E-state index in [4.69, 9.17) is 10.5 Å². The molecule has 0 rings (SSSR count). The lowest BCUT2D eigenvalue weighted by Gasteiger charge is -1.89. The van der Waals surface area contributed by atoms with E-state index in [1.807, 2.05) is 0 Å². The van der Waals surface area contributed by atoms with Gasteiger partial charge in [-0.25, -0.2) is 0 Å². The third kappa shape index (κ3) is 5.98. The quantitative estimate of drug-likeness (QED) is 0.415. The van der Waals surface area contributed by atoms with E-state index in [2.05, 4.69) is 0 Å². The maximum atomic E-state index is 8.20. The Kier molecular flexibility index (Phi) is 4.14. The fourth-order valence-corrected chi connectivity index (χ4v) is 0.596. The molecule has 7 heavy (non-hydrogen) atoms. The number of hydrogen-bond donors (Lipinski definition) is 2. The van der Waals surface area contributed by atoms with Crippen LogP contribution in [0.15, 0.2) is 0 Å². The van der Waals surface area contributed by atoms with Crippen molar-refractivity contribution < 1.29 is 5.11 Å². The van der Waals surface area contributed by atoms with Crippen molar-refractivity contribution in [1.82, 2.24) is 0 Å². The topological polar surface area (TPSA) is 44.1 Å². The Morgan fingerprint density at radius 2 is 2.43 bits per heavy atom. The SMILES string of the molecule is CC(=N)SCCO. The molecule has 2 N–H and O–H groups in total. The fourth-order valence-electron chi connectivity index (χ4n) is 0.199. The van der Waals surface area contributed by atoms with E-state index in [9.17, 15) is 0 Å². The Bertz CT molecular complexity index is 64.7. The Labute approximate surface area is 47.4 Å². The highest BCUT2D eigenvalue weighted by Gasteiger charge is 1.84. The zero-order valence-corrected chi connectivity index (χ0v) is 5.09. The van der Waals surface area contributed by atoms with Gasteiger partial charge in [-0.1, -0.05) is 0 Å². The molecule has 0 aromatic carbocycles. The van der Waals surface area contributed by atoms with Crippen LogP contribution in [0.1, 0.15) is 6.92 Å². The minimum atomic E-state index is 0.168. The molecule has 0 saturated heterocycles. The first-order valence-corrected chi connectivity index (χ1v) is 3.04. The minimum Gasteiger partial charge on any atom is -0.396 e. The van der Waals surface area contributed by atoms with Gasteiger partial charge >= 0.3 is 0 Å². The second-order valence-corrected chi connectivity index (χ2v) is 2.44. The summed E-state index contributed by atoms with van der Waals surface area (Å²) in [6, 6.07) is 0. The van der Waals surface area contributed by atoms with E-state index in [0.717, 1.165) is 0 Å². The molecule has 0 unspecified atom stereocenters. The van der Waals surface area contributed by atoms with Crippen molar-refractivity contribution in [3.63, 3.8) is 0 Å². The zero-order valence-electron chi connectivity index (χ0n) is 4.27. The second-order valence-electron chi connectivity index (χ2n) is 1.13. The van der Waals surface area contributed by atoms with Crippen molar-refractivity contribution >= 4 is 16.8 Å². The molecule has 0 saturated carbocycles. The van der Waals surface area contributed by atoms with Crippen LogP contribution in [0.2, 0.25) is 0 Å². The summed E-state index contributed by atoms with van der Waals surface area (Å²) in [5.74, 6) is 0.648. The van der Waals surface area contributed by atoms with E-state index < -0.39 is 0 Å². The average molecular weight is 119 g/mol. The molecule has 3 heteroatoms. The first-order valence-electron chi connectivity index (χ1n) is 2.06. The highest BCUT2D eigenvalue weighted by molar-refractivity contribution is 8.13. The Morgan fingerprint density at radius 3 is 2.57 bits per heavy atom. The van der Waals surface area contributed by atoms with Crippen molar-refractivity contribution in [2.75, 3.05) is 12.4 Å². The van der Waals surface area contributed by atoms with Gasteiger partial charge in [0.05, 0.1) is 11.7 Å². The van der Waals surface area contributed by atoms with Crippen molar-refractivity contribution in [3.05, 3.63) is 0 Å². The summed E-state index contributed by atoms with van der Waals surface area (Å²) in [7, 11) is 0. The van der Waals surface area contributed by atoms with Crippen LogP contribution >= 0.6 is 11.8 Å². The molecule has 0 radical (unpaired) electrons. The number of rotatable bonds is 2. The molecule has 0 aromatic heterocycles. The molecular formula is C4H9NOS. The van der Waals surface area contributed by atoms with Gasteiger partial charge in [0.15, 0.2) is 0 Å². The van der Waals surface area contributed by atoms with Crippen LogP contribution < -0.4 is 0 Å². The molecule has 42 valence electrons. The molecule has 0 amide bonds. The van der Waals surface area contributed by atoms with Crippen molar-refractivity contribution in [2.24, 2.45) is 0 Å². The largest absolute Gasteiger partial charge is 0.396 e. The van der Waals surface area contributed by atoms with Crippen LogP contribution in [0, 0.1) is 5.41 Å². The molecule has 0 fully saturated rings. The third-order valence-electron chi connectivity index (χ3n) is 0.410. The van der Waals surface area contributed by atoms with Crippen molar-refractivity contribution in [3.8, 4) is 0 Å². The number of thioether (sulfide) groups is 1. The summed E-state index contributed by atoms with van der Waals surface area (Å²) in [4.78, 5) is 0. The van der Waals surface area contributed by atoms with Crippen LogP contribution in [0.5, 0.6) is 0 Å². The van der Waals surface area contributed by atoms with Gasteiger partial charge in [0.1, 0.15) is 0 Å². The third-order valence-corrected chi connectivity index (χ3v) is 1.23. The van der Waals surface area contributed by atoms with Gasteiger partial charge < -0.3 is 5.11 Å². The Balaban J connectivity index is 2.82. The van der Waals surface area contributed by atoms with E-state index in [-0.39, 0.29) is 6.61 Å². The molecule has 0 atom stereocenters. The van der Waals surface area contributed by atoms with Gasteiger partial charge in [-0.15, -0.1) is 11.8 Å². The second kappa shape index (κ2) is 4.15. The lowest BCUT2D eigenvalue weighted by Crippen LogP contribution is -1.88. The molecule has 0 aliphatic rings. The van der Waals surface area contributed by atoms with Crippen molar-refractivity contribution in [2.45, 2.75) is 6.92 Å². The van der Waals surface area contributed by atoms with Crippen LogP contribution in [0.4, 0.5) is 0 Å². The molecular weight excluding hydrogens is 110 g/mol. The number of nitrogens with one attached hydrogen (secondary N) is 1. The predicted octanol–water partition coefficient (Wildman–Crippen LogP) is 0.709. The van der Waals surface area contributed by atoms with Crippen LogP contribution in [0.25, 0.3) is 0 Å². The van der Waals surface area contributed by atoms with Gasteiger partial charge in [0.25, 0.3) is 0 Å². The van der Waals surface area contributed by atoms with Crippen LogP contribution in [-0.4, -0.2) is 22.5 Å². The smallest absolute Gasteiger partial charge is 0.0611 e. The number of aliphatic hydroxyl groups is 1. The van der Waals surface area contributed by atoms with Crippen LogP contribution in [-0.2, 0) is 0 Å². The van der Waals surface area contributed by atoms with Crippen molar-refractivity contribution in [1.29, 1.82) is 5.41 Å². The number of aliphatic hydroxyl groups excluding tert-OH is 1. The monoisotopic (exact) mass is 119 g/mol. The standard InChI is InChI=1S/C4H9NOS/c1-4(5)7-3-2-6/h5-6H,2-3H2,1H3. The number of hydrogen-bond acceptors (Lipinski definition) is 3. The fraction of sp³-hybridized carbons (Fsp3) is 0.750.